The van der Waals surface area contributed by atoms with Crippen LogP contribution in [0.25, 0.3) is 0 Å². The van der Waals surface area contributed by atoms with Gasteiger partial charge in [0.25, 0.3) is 0 Å². The molecular formula is C39H68N2O13. The second-order valence-electron chi connectivity index (χ2n) is 16.9. The van der Waals surface area contributed by atoms with E-state index in [4.69, 9.17) is 38.0 Å². The van der Waals surface area contributed by atoms with Crippen molar-refractivity contribution >= 4 is 23.4 Å². The molecule has 0 aromatic rings. The first-order chi connectivity index (χ1) is 24.9. The number of ether oxygens (including phenoxy) is 7. The standard InChI is InChI=1S/C39H68N2O13/c1-15-30-39(12,46)34(44)25(7)32(40-54-37(9,10)53-21(2)3)22(4)18-38(11)31(17-29(24(6)35(45)51-30)47-19-27(43)20-48-38)52-36-33(50-26(8)42)28(41(13)14)16-23(5)49-36/h21-25,28-31,33-34,36,44,46H,15-20H2,1-14H3/b40-32+/t22-,23-,24-,25+,28+,29-,30-,31-,33-,34-,36?,38+,39-/m1/s1. The quantitative estimate of drug-likeness (QED) is 0.196. The number of Topliss-reactive ketones (excluding diaryl/α,β-unsaturated/α-hetero) is 1. The summed E-state index contributed by atoms with van der Waals surface area (Å²) in [5.74, 6) is -5.01. The van der Waals surface area contributed by atoms with Gasteiger partial charge < -0.3 is 53.1 Å². The van der Waals surface area contributed by atoms with Crippen molar-refractivity contribution in [2.24, 2.45) is 22.9 Å². The topological polar surface area (TPSA) is 181 Å². The Morgan fingerprint density at radius 2 is 1.72 bits per heavy atom. The number of aliphatic hydroxyl groups is 2. The van der Waals surface area contributed by atoms with E-state index in [1.54, 1.807) is 34.6 Å². The van der Waals surface area contributed by atoms with E-state index in [-0.39, 0.29) is 56.5 Å². The summed E-state index contributed by atoms with van der Waals surface area (Å²) in [5.41, 5.74) is -2.84. The van der Waals surface area contributed by atoms with Gasteiger partial charge in [-0.2, -0.15) is 0 Å². The van der Waals surface area contributed by atoms with E-state index in [0.29, 0.717) is 12.1 Å². The number of hydrogen-bond donors (Lipinski definition) is 2. The lowest BCUT2D eigenvalue weighted by Gasteiger charge is -2.47. The third-order valence-electron chi connectivity index (χ3n) is 10.9. The molecule has 3 aliphatic heterocycles. The van der Waals surface area contributed by atoms with Crippen LogP contribution in [0.3, 0.4) is 0 Å². The lowest BCUT2D eigenvalue weighted by atomic mass is 9.75. The van der Waals surface area contributed by atoms with E-state index in [0.717, 1.165) is 0 Å². The number of fused-ring (bicyclic) bond motifs is 3. The lowest BCUT2D eigenvalue weighted by molar-refractivity contribution is -0.296. The minimum Gasteiger partial charge on any atom is -0.459 e. The molecule has 54 heavy (non-hydrogen) atoms. The number of oxime groups is 1. The van der Waals surface area contributed by atoms with Gasteiger partial charge in [0.15, 0.2) is 18.2 Å². The Kier molecular flexibility index (Phi) is 16.1. The Morgan fingerprint density at radius 3 is 2.30 bits per heavy atom. The molecule has 3 rings (SSSR count). The first kappa shape index (κ1) is 46.1. The summed E-state index contributed by atoms with van der Waals surface area (Å²) in [7, 11) is 3.79. The van der Waals surface area contributed by atoms with Crippen molar-refractivity contribution in [1.29, 1.82) is 0 Å². The number of nitrogens with zero attached hydrogens (tertiary/aromatic N) is 2. The van der Waals surface area contributed by atoms with E-state index in [2.05, 4.69) is 5.16 Å². The van der Waals surface area contributed by atoms with Crippen molar-refractivity contribution in [1.82, 2.24) is 4.90 Å². The predicted octanol–water partition coefficient (Wildman–Crippen LogP) is 3.78. The normalized spacial score (nSPS) is 40.1. The number of ketones is 1. The van der Waals surface area contributed by atoms with Crippen molar-refractivity contribution in [2.75, 3.05) is 27.3 Å². The third-order valence-corrected chi connectivity index (χ3v) is 10.9. The van der Waals surface area contributed by atoms with Crippen molar-refractivity contribution in [3.8, 4) is 0 Å². The summed E-state index contributed by atoms with van der Waals surface area (Å²) in [6, 6.07) is -0.251. The molecule has 0 aromatic carbocycles. The predicted molar refractivity (Wildman–Crippen MR) is 198 cm³/mol. The zero-order valence-electron chi connectivity index (χ0n) is 35.0. The van der Waals surface area contributed by atoms with Crippen LogP contribution in [0.15, 0.2) is 5.16 Å². The van der Waals surface area contributed by atoms with E-state index < -0.39 is 83.5 Å². The molecule has 0 aliphatic carbocycles. The Bertz CT molecular complexity index is 1300. The minimum absolute atomic E-state index is 0.0457. The van der Waals surface area contributed by atoms with Gasteiger partial charge in [-0.1, -0.05) is 25.9 Å². The Balaban J connectivity index is 2.26. The molecule has 0 aromatic heterocycles. The maximum absolute atomic E-state index is 13.9. The Hall–Kier alpha value is -2.24. The number of carbonyl (C=O) groups is 3. The maximum atomic E-state index is 13.9. The van der Waals surface area contributed by atoms with E-state index in [9.17, 15) is 24.6 Å². The fraction of sp³-hybridized carbons (Fsp3) is 0.897. The molecule has 2 N–H and O–H groups in total. The van der Waals surface area contributed by atoms with Crippen molar-refractivity contribution < 1.29 is 62.6 Å². The monoisotopic (exact) mass is 772 g/mol. The number of cyclic esters (lactones) is 1. The summed E-state index contributed by atoms with van der Waals surface area (Å²) in [6.45, 7) is 20.0. The largest absolute Gasteiger partial charge is 0.459 e. The second kappa shape index (κ2) is 18.8. The number of carbonyl (C=O) groups excluding carboxylic acids is 3. The molecule has 0 spiro atoms. The molecule has 0 amide bonds. The van der Waals surface area contributed by atoms with Gasteiger partial charge in [-0.05, 0) is 74.9 Å². The molecule has 3 saturated heterocycles. The average Bonchev–Trinajstić information content (AvgIpc) is 3.11. The van der Waals surface area contributed by atoms with Crippen LogP contribution in [-0.4, -0.2) is 138 Å². The van der Waals surface area contributed by atoms with Gasteiger partial charge in [-0.25, -0.2) is 0 Å². The average molecular weight is 773 g/mol. The van der Waals surface area contributed by atoms with E-state index in [1.165, 1.54) is 13.8 Å². The van der Waals surface area contributed by atoms with Gasteiger partial charge in [0.05, 0.1) is 53.8 Å². The molecule has 3 aliphatic rings. The first-order valence-electron chi connectivity index (χ1n) is 19.4. The molecule has 0 saturated carbocycles. The zero-order chi connectivity index (χ0) is 40.9. The van der Waals surface area contributed by atoms with Crippen molar-refractivity contribution in [3.05, 3.63) is 0 Å². The summed E-state index contributed by atoms with van der Waals surface area (Å²) in [5, 5.41) is 28.3. The summed E-state index contributed by atoms with van der Waals surface area (Å²) >= 11 is 0. The first-order valence-corrected chi connectivity index (χ1v) is 19.4. The van der Waals surface area contributed by atoms with Gasteiger partial charge in [0.2, 0.25) is 5.79 Å². The number of likely N-dealkylation sites (N-methyl/N-ethyl adjacent to an activating group) is 1. The maximum Gasteiger partial charge on any atom is 0.311 e. The zero-order valence-corrected chi connectivity index (χ0v) is 35.0. The molecular weight excluding hydrogens is 704 g/mol. The molecule has 3 heterocycles. The fourth-order valence-corrected chi connectivity index (χ4v) is 7.93. The molecule has 312 valence electrons. The SMILES string of the molecule is CC[C@H]1OC(=O)[C@H](C)[C@H]2C[C@@H](OC3O[C@H](C)C[C@H](N(C)C)[C@H]3OC(C)=O)[C@](C)(C[C@@H](C)/C(=N\OC(C)(C)OC(C)C)[C@H](C)[C@@H](O)[C@]1(C)O)OCC(=O)CO2. The summed E-state index contributed by atoms with van der Waals surface area (Å²) < 4.78 is 43.7. The molecule has 2 bridgehead atoms. The summed E-state index contributed by atoms with van der Waals surface area (Å²) in [6.07, 6.45) is -5.79. The van der Waals surface area contributed by atoms with Gasteiger partial charge in [0.1, 0.15) is 24.9 Å². The molecule has 3 fully saturated rings. The Labute approximate surface area is 321 Å². The van der Waals surface area contributed by atoms with Crippen LogP contribution >= 0.6 is 0 Å². The van der Waals surface area contributed by atoms with Crippen molar-refractivity contribution in [2.45, 2.75) is 181 Å². The molecule has 13 atom stereocenters. The highest BCUT2D eigenvalue weighted by Crippen LogP contribution is 2.39. The van der Waals surface area contributed by atoms with Crippen LogP contribution in [0.5, 0.6) is 0 Å². The van der Waals surface area contributed by atoms with Crippen LogP contribution in [0.4, 0.5) is 0 Å². The highest BCUT2D eigenvalue weighted by atomic mass is 16.8. The van der Waals surface area contributed by atoms with E-state index >= 15 is 0 Å². The van der Waals surface area contributed by atoms with Crippen LogP contribution in [0.1, 0.15) is 109 Å². The van der Waals surface area contributed by atoms with Crippen LogP contribution < -0.4 is 0 Å². The van der Waals surface area contributed by atoms with Crippen LogP contribution in [0.2, 0.25) is 0 Å². The van der Waals surface area contributed by atoms with Crippen molar-refractivity contribution in [3.63, 3.8) is 0 Å². The second-order valence-corrected chi connectivity index (χ2v) is 16.9. The molecule has 15 nitrogen and oxygen atoms in total. The highest BCUT2D eigenvalue weighted by molar-refractivity contribution is 5.89. The van der Waals surface area contributed by atoms with Gasteiger partial charge in [-0.15, -0.1) is 0 Å². The Morgan fingerprint density at radius 1 is 1.07 bits per heavy atom. The lowest BCUT2D eigenvalue weighted by Crippen LogP contribution is -2.59. The molecule has 15 heteroatoms. The summed E-state index contributed by atoms with van der Waals surface area (Å²) in [4.78, 5) is 47.5. The number of esters is 2. The fourth-order valence-electron chi connectivity index (χ4n) is 7.93. The number of hydrogen-bond acceptors (Lipinski definition) is 15. The van der Waals surface area contributed by atoms with Gasteiger partial charge in [-0.3, -0.25) is 14.4 Å². The van der Waals surface area contributed by atoms with Gasteiger partial charge in [0, 0.05) is 39.0 Å². The van der Waals surface area contributed by atoms with E-state index in [1.807, 2.05) is 53.6 Å². The minimum atomic E-state index is -1.91. The highest BCUT2D eigenvalue weighted by Gasteiger charge is 2.51. The molecule has 1 unspecified atom stereocenters. The van der Waals surface area contributed by atoms with Crippen LogP contribution in [-0.2, 0) is 52.4 Å². The molecule has 0 radical (unpaired) electrons. The van der Waals surface area contributed by atoms with Crippen LogP contribution in [0, 0.1) is 17.8 Å². The smallest absolute Gasteiger partial charge is 0.311 e. The number of rotatable bonds is 9. The third kappa shape index (κ3) is 11.7. The number of aliphatic hydroxyl groups excluding tert-OH is 1. The van der Waals surface area contributed by atoms with Gasteiger partial charge >= 0.3 is 11.9 Å².